The van der Waals surface area contributed by atoms with Gasteiger partial charge in [0.2, 0.25) is 0 Å². The second-order valence-corrected chi connectivity index (χ2v) is 13.1. The van der Waals surface area contributed by atoms with Gasteiger partial charge in [0.15, 0.2) is 12.6 Å². The maximum atomic E-state index is 13.1. The molecule has 0 radical (unpaired) electrons. The summed E-state index contributed by atoms with van der Waals surface area (Å²) in [4.78, 5) is 24.5. The lowest BCUT2D eigenvalue weighted by Crippen LogP contribution is -2.33. The van der Waals surface area contributed by atoms with Gasteiger partial charge >= 0.3 is 5.97 Å². The molecule has 42 heavy (non-hydrogen) atoms. The van der Waals surface area contributed by atoms with Crippen LogP contribution in [0.5, 0.6) is 0 Å². The van der Waals surface area contributed by atoms with Crippen LogP contribution in [-0.4, -0.2) is 68.1 Å². The highest BCUT2D eigenvalue weighted by Crippen LogP contribution is 2.42. The third kappa shape index (κ3) is 10.4. The second kappa shape index (κ2) is 17.8. The van der Waals surface area contributed by atoms with E-state index in [1.165, 1.54) is 32.8 Å². The molecule has 8 nitrogen and oxygen atoms in total. The van der Waals surface area contributed by atoms with Gasteiger partial charge in [0, 0.05) is 50.7 Å². The van der Waals surface area contributed by atoms with E-state index in [2.05, 4.69) is 19.1 Å². The molecule has 0 spiro atoms. The van der Waals surface area contributed by atoms with E-state index in [4.69, 9.17) is 23.7 Å². The standard InChI is InChI=1S/C34H56O8/c1-3-10-24-15-16-25(21-24)30(41-33-13-6-8-19-39-33)18-17-27-28(22-26(35)11-4-5-12-32(37)38-2)29(36)23-31(27)42-34-14-7-9-20-40-34/h17-18,24-25,27-31,33-34,36H,3-16,19-23H2,1-2H3/t24?,25?,27-,28-,29+,30-,31-,33?,34?/m1/s1. The minimum Gasteiger partial charge on any atom is -0.469 e. The van der Waals surface area contributed by atoms with Crippen molar-refractivity contribution in [1.29, 1.82) is 0 Å². The van der Waals surface area contributed by atoms with Gasteiger partial charge in [0.1, 0.15) is 5.78 Å². The van der Waals surface area contributed by atoms with Crippen molar-refractivity contribution in [2.45, 2.75) is 147 Å². The normalized spacial score (nSPS) is 34.5. The zero-order chi connectivity index (χ0) is 29.7. The fourth-order valence-corrected chi connectivity index (χ4v) is 7.49. The second-order valence-electron chi connectivity index (χ2n) is 13.1. The van der Waals surface area contributed by atoms with Crippen LogP contribution < -0.4 is 0 Å². The molecule has 1 N–H and O–H groups in total. The first-order valence-electron chi connectivity index (χ1n) is 17.0. The highest BCUT2D eigenvalue weighted by molar-refractivity contribution is 5.78. The van der Waals surface area contributed by atoms with Crippen LogP contribution in [-0.2, 0) is 33.3 Å². The van der Waals surface area contributed by atoms with Crippen molar-refractivity contribution in [3.63, 3.8) is 0 Å². The monoisotopic (exact) mass is 592 g/mol. The predicted molar refractivity (Wildman–Crippen MR) is 160 cm³/mol. The Labute approximate surface area is 253 Å². The predicted octanol–water partition coefficient (Wildman–Crippen LogP) is 6.27. The zero-order valence-corrected chi connectivity index (χ0v) is 26.1. The number of ketones is 1. The number of hydrogen-bond acceptors (Lipinski definition) is 8. The Hall–Kier alpha value is -1.32. The van der Waals surface area contributed by atoms with Crippen LogP contribution in [0.2, 0.25) is 0 Å². The number of rotatable bonds is 16. The summed E-state index contributed by atoms with van der Waals surface area (Å²) in [6, 6.07) is 0. The molecular formula is C34H56O8. The lowest BCUT2D eigenvalue weighted by atomic mass is 9.86. The fraction of sp³-hybridized carbons (Fsp3) is 0.882. The third-order valence-corrected chi connectivity index (χ3v) is 9.85. The number of aliphatic hydroxyl groups excluding tert-OH is 1. The van der Waals surface area contributed by atoms with Crippen LogP contribution in [0.3, 0.4) is 0 Å². The summed E-state index contributed by atoms with van der Waals surface area (Å²) in [5.41, 5.74) is 0. The molecule has 4 fully saturated rings. The van der Waals surface area contributed by atoms with Crippen LogP contribution in [0.25, 0.3) is 0 Å². The molecule has 2 saturated carbocycles. The molecule has 0 aromatic rings. The number of ether oxygens (including phenoxy) is 5. The van der Waals surface area contributed by atoms with Crippen molar-refractivity contribution < 1.29 is 38.4 Å². The van der Waals surface area contributed by atoms with Crippen LogP contribution in [0.15, 0.2) is 12.2 Å². The smallest absolute Gasteiger partial charge is 0.305 e. The number of carbonyl (C=O) groups is 2. The molecule has 4 aliphatic rings. The van der Waals surface area contributed by atoms with Crippen molar-refractivity contribution in [2.75, 3.05) is 20.3 Å². The summed E-state index contributed by atoms with van der Waals surface area (Å²) < 4.78 is 29.7. The Morgan fingerprint density at radius 1 is 0.952 bits per heavy atom. The summed E-state index contributed by atoms with van der Waals surface area (Å²) in [6.45, 7) is 3.71. The maximum Gasteiger partial charge on any atom is 0.305 e. The van der Waals surface area contributed by atoms with E-state index in [1.807, 2.05) is 0 Å². The summed E-state index contributed by atoms with van der Waals surface area (Å²) in [5, 5.41) is 11.2. The first-order valence-corrected chi connectivity index (χ1v) is 17.0. The van der Waals surface area contributed by atoms with E-state index in [0.29, 0.717) is 51.0 Å². The number of esters is 1. The Morgan fingerprint density at radius 3 is 2.38 bits per heavy atom. The van der Waals surface area contributed by atoms with Crippen LogP contribution in [0.4, 0.5) is 0 Å². The van der Waals surface area contributed by atoms with E-state index in [0.717, 1.165) is 57.5 Å². The molecule has 2 aliphatic heterocycles. The molecule has 240 valence electrons. The Balaban J connectivity index is 1.45. The van der Waals surface area contributed by atoms with Crippen molar-refractivity contribution in [3.8, 4) is 0 Å². The molecule has 0 aromatic heterocycles. The minimum absolute atomic E-state index is 0.0473. The van der Waals surface area contributed by atoms with Crippen LogP contribution >= 0.6 is 0 Å². The quantitative estimate of drug-likeness (QED) is 0.127. The Kier molecular flexibility index (Phi) is 14.3. The fourth-order valence-electron chi connectivity index (χ4n) is 7.49. The SMILES string of the molecule is CCCC1CCC([C@@H](C=C[C@@H]2[C@@H](CC(=O)CCCCC(=O)OC)[C@@H](O)C[C@H]2OC2CCCCO2)OC2CCCCO2)C1. The van der Waals surface area contributed by atoms with Gasteiger partial charge in [-0.2, -0.15) is 0 Å². The van der Waals surface area contributed by atoms with Crippen molar-refractivity contribution in [1.82, 2.24) is 0 Å². The van der Waals surface area contributed by atoms with Crippen molar-refractivity contribution in [3.05, 3.63) is 12.2 Å². The third-order valence-electron chi connectivity index (χ3n) is 9.85. The summed E-state index contributed by atoms with van der Waals surface area (Å²) >= 11 is 0. The minimum atomic E-state index is -0.617. The Morgan fingerprint density at radius 2 is 1.69 bits per heavy atom. The van der Waals surface area contributed by atoms with Gasteiger partial charge in [-0.25, -0.2) is 0 Å². The molecule has 4 rings (SSSR count). The van der Waals surface area contributed by atoms with Gasteiger partial charge in [-0.3, -0.25) is 9.59 Å². The summed E-state index contributed by atoms with van der Waals surface area (Å²) in [6.07, 6.45) is 18.1. The van der Waals surface area contributed by atoms with E-state index >= 15 is 0 Å². The van der Waals surface area contributed by atoms with Gasteiger partial charge in [0.25, 0.3) is 0 Å². The highest BCUT2D eigenvalue weighted by atomic mass is 16.7. The number of Topliss-reactive ketones (excluding diaryl/α,β-unsaturated/α-hetero) is 1. The molecule has 8 heteroatoms. The number of unbranched alkanes of at least 4 members (excludes halogenated alkanes) is 1. The Bertz CT molecular complexity index is 833. The molecule has 0 aromatic carbocycles. The lowest BCUT2D eigenvalue weighted by molar-refractivity contribution is -0.193. The largest absolute Gasteiger partial charge is 0.469 e. The number of methoxy groups -OCH3 is 1. The topological polar surface area (TPSA) is 101 Å². The molecule has 2 aliphatic carbocycles. The molecule has 0 bridgehead atoms. The lowest BCUT2D eigenvalue weighted by Gasteiger charge is -2.31. The van der Waals surface area contributed by atoms with Gasteiger partial charge in [-0.05, 0) is 76.0 Å². The summed E-state index contributed by atoms with van der Waals surface area (Å²) in [7, 11) is 1.38. The first kappa shape index (κ1) is 33.6. The van der Waals surface area contributed by atoms with E-state index < -0.39 is 6.10 Å². The molecule has 9 atom stereocenters. The van der Waals surface area contributed by atoms with Gasteiger partial charge in [0.05, 0.1) is 25.4 Å². The average Bonchev–Trinajstić information content (AvgIpc) is 3.58. The molecule has 2 saturated heterocycles. The molecule has 2 heterocycles. The average molecular weight is 593 g/mol. The molecule has 4 unspecified atom stereocenters. The van der Waals surface area contributed by atoms with Crippen molar-refractivity contribution >= 4 is 11.8 Å². The maximum absolute atomic E-state index is 13.1. The molecule has 0 amide bonds. The number of carbonyl (C=O) groups excluding carboxylic acids is 2. The molecular weight excluding hydrogens is 536 g/mol. The van der Waals surface area contributed by atoms with Crippen LogP contribution in [0, 0.1) is 23.7 Å². The summed E-state index contributed by atoms with van der Waals surface area (Å²) in [5.74, 6) is 0.761. The van der Waals surface area contributed by atoms with E-state index in [9.17, 15) is 14.7 Å². The van der Waals surface area contributed by atoms with Crippen LogP contribution in [0.1, 0.15) is 116 Å². The van der Waals surface area contributed by atoms with Gasteiger partial charge in [-0.15, -0.1) is 0 Å². The van der Waals surface area contributed by atoms with E-state index in [1.54, 1.807) is 0 Å². The van der Waals surface area contributed by atoms with E-state index in [-0.39, 0.29) is 48.4 Å². The number of hydrogen-bond donors (Lipinski definition) is 1. The van der Waals surface area contributed by atoms with Crippen molar-refractivity contribution in [2.24, 2.45) is 23.7 Å². The zero-order valence-electron chi connectivity index (χ0n) is 26.1. The highest BCUT2D eigenvalue weighted by Gasteiger charge is 2.44. The van der Waals surface area contributed by atoms with Gasteiger partial charge < -0.3 is 28.8 Å². The number of aliphatic hydroxyl groups is 1. The first-order chi connectivity index (χ1) is 20.5. The van der Waals surface area contributed by atoms with Gasteiger partial charge in [-0.1, -0.05) is 38.3 Å².